The highest BCUT2D eigenvalue weighted by atomic mass is 35.5. The van der Waals surface area contributed by atoms with Gasteiger partial charge in [0.1, 0.15) is 6.61 Å². The number of benzene rings is 2. The molecule has 0 radical (unpaired) electrons. The summed E-state index contributed by atoms with van der Waals surface area (Å²) in [5, 5.41) is 3.42. The fraction of sp³-hybridized carbons (Fsp3) is 0.294. The molecule has 0 aliphatic carbocycles. The Morgan fingerprint density at radius 2 is 1.81 bits per heavy atom. The average molecular weight is 308 g/mol. The first kappa shape index (κ1) is 15.8. The zero-order valence-corrected chi connectivity index (χ0v) is 12.8. The first-order valence-electron chi connectivity index (χ1n) is 7.06. The van der Waals surface area contributed by atoms with E-state index in [4.69, 9.17) is 16.3 Å². The summed E-state index contributed by atoms with van der Waals surface area (Å²) >= 11 is 5.71. The number of nitrogens with one attached hydrogen (secondary N) is 1. The number of halogens is 2. The van der Waals surface area contributed by atoms with E-state index in [0.717, 1.165) is 25.1 Å². The van der Waals surface area contributed by atoms with Crippen LogP contribution in [0.5, 0.6) is 5.75 Å². The second-order valence-electron chi connectivity index (χ2n) is 4.83. The normalized spacial score (nSPS) is 10.6. The van der Waals surface area contributed by atoms with Crippen molar-refractivity contribution in [2.75, 3.05) is 6.54 Å². The summed E-state index contributed by atoms with van der Waals surface area (Å²) in [6.45, 7) is 4.33. The van der Waals surface area contributed by atoms with E-state index in [1.807, 2.05) is 12.1 Å². The molecular formula is C17H19ClFNO. The van der Waals surface area contributed by atoms with Gasteiger partial charge >= 0.3 is 0 Å². The van der Waals surface area contributed by atoms with Gasteiger partial charge in [-0.2, -0.15) is 0 Å². The summed E-state index contributed by atoms with van der Waals surface area (Å²) < 4.78 is 19.1. The highest BCUT2D eigenvalue weighted by Gasteiger charge is 2.07. The van der Waals surface area contributed by atoms with Crippen molar-refractivity contribution in [1.82, 2.24) is 5.32 Å². The third-order valence-corrected chi connectivity index (χ3v) is 3.38. The molecule has 0 aliphatic rings. The molecule has 21 heavy (non-hydrogen) atoms. The topological polar surface area (TPSA) is 21.3 Å². The Bertz CT molecular complexity index is 572. The third-order valence-electron chi connectivity index (χ3n) is 3.09. The van der Waals surface area contributed by atoms with Crippen LogP contribution in [0.3, 0.4) is 0 Å². The van der Waals surface area contributed by atoms with E-state index in [2.05, 4.69) is 24.4 Å². The number of hydrogen-bond acceptors (Lipinski definition) is 2. The Morgan fingerprint density at radius 3 is 2.52 bits per heavy atom. The van der Waals surface area contributed by atoms with Crippen molar-refractivity contribution in [2.24, 2.45) is 0 Å². The maximum Gasteiger partial charge on any atom is 0.183 e. The van der Waals surface area contributed by atoms with Crippen LogP contribution >= 0.6 is 11.6 Å². The summed E-state index contributed by atoms with van der Waals surface area (Å²) in [5.74, 6) is -0.337. The zero-order valence-electron chi connectivity index (χ0n) is 12.0. The van der Waals surface area contributed by atoms with Crippen molar-refractivity contribution in [3.05, 3.63) is 64.4 Å². The number of hydrogen-bond donors (Lipinski definition) is 1. The Balaban J connectivity index is 1.90. The molecule has 0 saturated heterocycles. The van der Waals surface area contributed by atoms with Gasteiger partial charge in [-0.1, -0.05) is 48.9 Å². The van der Waals surface area contributed by atoms with Crippen LogP contribution in [0, 0.1) is 5.82 Å². The molecule has 0 atom stereocenters. The van der Waals surface area contributed by atoms with Crippen molar-refractivity contribution in [3.8, 4) is 5.75 Å². The Hall–Kier alpha value is -1.58. The molecule has 112 valence electrons. The van der Waals surface area contributed by atoms with Crippen LogP contribution in [-0.2, 0) is 13.2 Å². The lowest BCUT2D eigenvalue weighted by molar-refractivity contribution is 0.290. The molecule has 0 bridgehead atoms. The Morgan fingerprint density at radius 1 is 1.10 bits per heavy atom. The highest BCUT2D eigenvalue weighted by molar-refractivity contribution is 6.30. The summed E-state index contributed by atoms with van der Waals surface area (Å²) in [6.07, 6.45) is 1.12. The lowest BCUT2D eigenvalue weighted by Crippen LogP contribution is -2.13. The SMILES string of the molecule is CCCNCc1ccc(COc2cccc(Cl)c2F)cc1. The molecule has 0 unspecified atom stereocenters. The molecule has 0 aliphatic heterocycles. The van der Waals surface area contributed by atoms with E-state index in [1.54, 1.807) is 12.1 Å². The summed E-state index contributed by atoms with van der Waals surface area (Å²) in [6, 6.07) is 12.8. The van der Waals surface area contributed by atoms with Crippen LogP contribution in [0.2, 0.25) is 5.02 Å². The Kier molecular flexibility index (Phi) is 6.03. The average Bonchev–Trinajstić information content (AvgIpc) is 2.50. The van der Waals surface area contributed by atoms with Crippen LogP contribution in [0.15, 0.2) is 42.5 Å². The van der Waals surface area contributed by atoms with Crippen molar-refractivity contribution in [1.29, 1.82) is 0 Å². The standard InChI is InChI=1S/C17H19ClFNO/c1-2-10-20-11-13-6-8-14(9-7-13)12-21-16-5-3-4-15(18)17(16)19/h3-9,20H,2,10-12H2,1H3. The molecule has 0 heterocycles. The lowest BCUT2D eigenvalue weighted by atomic mass is 10.1. The summed E-state index contributed by atoms with van der Waals surface area (Å²) in [4.78, 5) is 0. The van der Waals surface area contributed by atoms with Crippen molar-refractivity contribution in [2.45, 2.75) is 26.5 Å². The van der Waals surface area contributed by atoms with Crippen LogP contribution < -0.4 is 10.1 Å². The molecular weight excluding hydrogens is 289 g/mol. The van der Waals surface area contributed by atoms with E-state index in [9.17, 15) is 4.39 Å². The van der Waals surface area contributed by atoms with Crippen LogP contribution in [0.1, 0.15) is 24.5 Å². The van der Waals surface area contributed by atoms with Gasteiger partial charge in [-0.25, -0.2) is 4.39 Å². The predicted octanol–water partition coefficient (Wildman–Crippen LogP) is 4.56. The van der Waals surface area contributed by atoms with Gasteiger partial charge < -0.3 is 10.1 Å². The van der Waals surface area contributed by atoms with Crippen LogP contribution in [-0.4, -0.2) is 6.54 Å². The minimum Gasteiger partial charge on any atom is -0.486 e. The molecule has 0 spiro atoms. The maximum atomic E-state index is 13.7. The first-order valence-corrected chi connectivity index (χ1v) is 7.44. The van der Waals surface area contributed by atoms with E-state index in [1.165, 1.54) is 11.6 Å². The monoisotopic (exact) mass is 307 g/mol. The van der Waals surface area contributed by atoms with Gasteiger partial charge in [0.25, 0.3) is 0 Å². The predicted molar refractivity (Wildman–Crippen MR) is 84.2 cm³/mol. The molecule has 0 saturated carbocycles. The molecule has 2 nitrogen and oxygen atoms in total. The van der Waals surface area contributed by atoms with Crippen molar-refractivity contribution in [3.63, 3.8) is 0 Å². The maximum absolute atomic E-state index is 13.7. The van der Waals surface area contributed by atoms with E-state index in [0.29, 0.717) is 6.61 Å². The van der Waals surface area contributed by atoms with Gasteiger partial charge in [0, 0.05) is 6.54 Å². The van der Waals surface area contributed by atoms with Gasteiger partial charge in [-0.05, 0) is 36.2 Å². The molecule has 2 aromatic carbocycles. The van der Waals surface area contributed by atoms with Crippen LogP contribution in [0.25, 0.3) is 0 Å². The molecule has 1 N–H and O–H groups in total. The minimum atomic E-state index is -0.514. The fourth-order valence-corrected chi connectivity index (χ4v) is 2.09. The second kappa shape index (κ2) is 8.01. The minimum absolute atomic E-state index is 0.0739. The number of ether oxygens (including phenoxy) is 1. The third kappa shape index (κ3) is 4.73. The van der Waals surface area contributed by atoms with E-state index >= 15 is 0 Å². The van der Waals surface area contributed by atoms with Gasteiger partial charge in [0.2, 0.25) is 0 Å². The van der Waals surface area contributed by atoms with Gasteiger partial charge in [0.05, 0.1) is 5.02 Å². The van der Waals surface area contributed by atoms with E-state index < -0.39 is 5.82 Å². The largest absolute Gasteiger partial charge is 0.486 e. The van der Waals surface area contributed by atoms with Crippen molar-refractivity contribution >= 4 is 11.6 Å². The lowest BCUT2D eigenvalue weighted by Gasteiger charge is -2.09. The van der Waals surface area contributed by atoms with Gasteiger partial charge in [0.15, 0.2) is 11.6 Å². The summed E-state index contributed by atoms with van der Waals surface area (Å²) in [5.41, 5.74) is 2.22. The van der Waals surface area contributed by atoms with Gasteiger partial charge in [-0.15, -0.1) is 0 Å². The molecule has 2 aromatic rings. The molecule has 0 fully saturated rings. The van der Waals surface area contributed by atoms with E-state index in [-0.39, 0.29) is 10.8 Å². The van der Waals surface area contributed by atoms with Crippen LogP contribution in [0.4, 0.5) is 4.39 Å². The quantitative estimate of drug-likeness (QED) is 0.757. The molecule has 0 amide bonds. The molecule has 4 heteroatoms. The Labute approximate surface area is 129 Å². The first-order chi connectivity index (χ1) is 10.2. The van der Waals surface area contributed by atoms with Crippen molar-refractivity contribution < 1.29 is 9.13 Å². The summed E-state index contributed by atoms with van der Waals surface area (Å²) in [7, 11) is 0. The molecule has 0 aromatic heterocycles. The highest BCUT2D eigenvalue weighted by Crippen LogP contribution is 2.24. The molecule has 2 rings (SSSR count). The van der Waals surface area contributed by atoms with Gasteiger partial charge in [-0.3, -0.25) is 0 Å². The number of rotatable bonds is 7. The second-order valence-corrected chi connectivity index (χ2v) is 5.24. The smallest absolute Gasteiger partial charge is 0.183 e. The zero-order chi connectivity index (χ0) is 15.1. The fourth-order valence-electron chi connectivity index (χ4n) is 1.92.